The van der Waals surface area contributed by atoms with Crippen molar-refractivity contribution in [2.75, 3.05) is 0 Å². The zero-order chi connectivity index (χ0) is 17.1. The highest BCUT2D eigenvalue weighted by Gasteiger charge is 2.43. The van der Waals surface area contributed by atoms with Gasteiger partial charge in [-0.05, 0) is 29.7 Å². The lowest BCUT2D eigenvalue weighted by atomic mass is 10.1. The molecular weight excluding hydrogens is 312 g/mol. The number of aromatic nitrogens is 3. The molecule has 1 saturated carbocycles. The van der Waals surface area contributed by atoms with Crippen LogP contribution in [0.4, 0.5) is 5.95 Å². The fourth-order valence-electron chi connectivity index (χ4n) is 2.50. The SMILES string of the molecule is C/C(Cn1cnc([N+](=O)[O-])n1)=N/NC(=O)[C@@H]1C[C@@H]1c1ccccc1. The fourth-order valence-corrected chi connectivity index (χ4v) is 2.50. The maximum atomic E-state index is 12.1. The average molecular weight is 328 g/mol. The molecule has 2 aromatic rings. The summed E-state index contributed by atoms with van der Waals surface area (Å²) in [5.41, 5.74) is 4.28. The number of hydrazone groups is 1. The molecule has 2 atom stereocenters. The van der Waals surface area contributed by atoms with E-state index in [-0.39, 0.29) is 24.3 Å². The first-order valence-electron chi connectivity index (χ1n) is 7.46. The number of nitro groups is 1. The van der Waals surface area contributed by atoms with Crippen LogP contribution in [0.5, 0.6) is 0 Å². The second-order valence-corrected chi connectivity index (χ2v) is 5.68. The molecule has 1 fully saturated rings. The minimum atomic E-state index is -0.665. The quantitative estimate of drug-likeness (QED) is 0.490. The number of carbonyl (C=O) groups excluding carboxylic acids is 1. The number of nitrogens with zero attached hydrogens (tertiary/aromatic N) is 5. The van der Waals surface area contributed by atoms with Gasteiger partial charge in [-0.3, -0.25) is 4.79 Å². The van der Waals surface area contributed by atoms with Crippen molar-refractivity contribution in [3.05, 3.63) is 52.3 Å². The first-order valence-corrected chi connectivity index (χ1v) is 7.46. The van der Waals surface area contributed by atoms with Gasteiger partial charge in [0.05, 0.1) is 12.3 Å². The summed E-state index contributed by atoms with van der Waals surface area (Å²) in [6, 6.07) is 9.90. The number of carbonyl (C=O) groups is 1. The second-order valence-electron chi connectivity index (χ2n) is 5.68. The summed E-state index contributed by atoms with van der Waals surface area (Å²) in [5.74, 6) is -0.389. The maximum Gasteiger partial charge on any atom is 0.490 e. The Kier molecular flexibility index (Phi) is 4.32. The lowest BCUT2D eigenvalue weighted by molar-refractivity contribution is -0.394. The molecule has 1 aromatic heterocycles. The Morgan fingerprint density at radius 3 is 2.88 bits per heavy atom. The van der Waals surface area contributed by atoms with Gasteiger partial charge in [0, 0.05) is 11.0 Å². The van der Waals surface area contributed by atoms with Gasteiger partial charge in [-0.25, -0.2) is 5.43 Å². The topological polar surface area (TPSA) is 115 Å². The summed E-state index contributed by atoms with van der Waals surface area (Å²) in [5, 5.41) is 18.2. The summed E-state index contributed by atoms with van der Waals surface area (Å²) in [6.07, 6.45) is 2.07. The van der Waals surface area contributed by atoms with E-state index in [1.54, 1.807) is 6.92 Å². The molecule has 1 aromatic carbocycles. The Morgan fingerprint density at radius 1 is 1.46 bits per heavy atom. The molecule has 24 heavy (non-hydrogen) atoms. The van der Waals surface area contributed by atoms with Crippen molar-refractivity contribution in [1.82, 2.24) is 20.2 Å². The van der Waals surface area contributed by atoms with Gasteiger partial charge in [-0.1, -0.05) is 35.3 Å². The van der Waals surface area contributed by atoms with E-state index in [1.807, 2.05) is 30.3 Å². The minimum absolute atomic E-state index is 0.0589. The summed E-state index contributed by atoms with van der Waals surface area (Å²) < 4.78 is 1.30. The zero-order valence-corrected chi connectivity index (χ0v) is 13.0. The zero-order valence-electron chi connectivity index (χ0n) is 13.0. The molecule has 0 radical (unpaired) electrons. The number of amides is 1. The van der Waals surface area contributed by atoms with Gasteiger partial charge in [0.15, 0.2) is 0 Å². The highest BCUT2D eigenvalue weighted by molar-refractivity contribution is 5.86. The predicted molar refractivity (Wildman–Crippen MR) is 85.2 cm³/mol. The van der Waals surface area contributed by atoms with Crippen LogP contribution < -0.4 is 5.43 Å². The van der Waals surface area contributed by atoms with Gasteiger partial charge in [-0.2, -0.15) is 9.78 Å². The molecule has 1 aliphatic rings. The number of nitrogens with one attached hydrogen (secondary N) is 1. The third-order valence-corrected chi connectivity index (χ3v) is 3.79. The molecule has 0 spiro atoms. The fraction of sp³-hybridized carbons (Fsp3) is 0.333. The Balaban J connectivity index is 1.52. The molecule has 9 nitrogen and oxygen atoms in total. The first-order chi connectivity index (χ1) is 11.5. The molecule has 0 unspecified atom stereocenters. The van der Waals surface area contributed by atoms with Crippen LogP contribution in [0.25, 0.3) is 0 Å². The molecule has 3 rings (SSSR count). The van der Waals surface area contributed by atoms with Crippen molar-refractivity contribution < 1.29 is 9.72 Å². The molecule has 1 aliphatic carbocycles. The monoisotopic (exact) mass is 328 g/mol. The van der Waals surface area contributed by atoms with E-state index in [2.05, 4.69) is 20.6 Å². The lowest BCUT2D eigenvalue weighted by Crippen LogP contribution is -2.22. The van der Waals surface area contributed by atoms with Crippen molar-refractivity contribution in [3.63, 3.8) is 0 Å². The largest absolute Gasteiger partial charge is 0.490 e. The van der Waals surface area contributed by atoms with Gasteiger partial charge in [0.25, 0.3) is 0 Å². The Hall–Kier alpha value is -3.10. The van der Waals surface area contributed by atoms with Crippen molar-refractivity contribution in [2.45, 2.75) is 25.8 Å². The van der Waals surface area contributed by atoms with E-state index in [0.29, 0.717) is 5.71 Å². The normalized spacial score (nSPS) is 19.8. The van der Waals surface area contributed by atoms with Crippen molar-refractivity contribution in [2.24, 2.45) is 11.0 Å². The highest BCUT2D eigenvalue weighted by atomic mass is 16.6. The van der Waals surface area contributed by atoms with Gasteiger partial charge in [-0.15, -0.1) is 0 Å². The summed E-state index contributed by atoms with van der Waals surface area (Å²) in [4.78, 5) is 25.5. The molecule has 1 amide bonds. The molecule has 9 heteroatoms. The van der Waals surface area contributed by atoms with Crippen LogP contribution in [0.2, 0.25) is 0 Å². The molecule has 1 heterocycles. The van der Waals surface area contributed by atoms with Crippen LogP contribution in [-0.2, 0) is 11.3 Å². The molecule has 0 saturated heterocycles. The molecule has 0 aliphatic heterocycles. The minimum Gasteiger partial charge on any atom is -0.390 e. The summed E-state index contributed by atoms with van der Waals surface area (Å²) >= 11 is 0. The van der Waals surface area contributed by atoms with Crippen molar-refractivity contribution >= 4 is 17.6 Å². The Bertz CT molecular complexity index is 786. The van der Waals surface area contributed by atoms with E-state index in [9.17, 15) is 14.9 Å². The molecule has 0 bridgehead atoms. The average Bonchev–Trinajstić information content (AvgIpc) is 3.25. The molecule has 124 valence electrons. The predicted octanol–water partition coefficient (Wildman–Crippen LogP) is 1.48. The van der Waals surface area contributed by atoms with E-state index < -0.39 is 10.9 Å². The molecular formula is C15H16N6O3. The highest BCUT2D eigenvalue weighted by Crippen LogP contribution is 2.47. The van der Waals surface area contributed by atoms with Gasteiger partial charge in [0.2, 0.25) is 12.2 Å². The van der Waals surface area contributed by atoms with E-state index in [4.69, 9.17) is 0 Å². The smallest absolute Gasteiger partial charge is 0.390 e. The van der Waals surface area contributed by atoms with E-state index in [0.717, 1.165) is 12.0 Å². The van der Waals surface area contributed by atoms with Gasteiger partial charge >= 0.3 is 5.95 Å². The van der Waals surface area contributed by atoms with E-state index in [1.165, 1.54) is 11.0 Å². The molecule has 1 N–H and O–H groups in total. The van der Waals surface area contributed by atoms with Crippen LogP contribution in [0, 0.1) is 16.0 Å². The second kappa shape index (κ2) is 6.57. The summed E-state index contributed by atoms with van der Waals surface area (Å²) in [7, 11) is 0. The van der Waals surface area contributed by atoms with Crippen LogP contribution >= 0.6 is 0 Å². The third kappa shape index (κ3) is 3.62. The Labute approximate surface area is 137 Å². The number of benzene rings is 1. The Morgan fingerprint density at radius 2 is 2.21 bits per heavy atom. The number of hydrogen-bond donors (Lipinski definition) is 1. The van der Waals surface area contributed by atoms with Crippen LogP contribution in [0.1, 0.15) is 24.8 Å². The third-order valence-electron chi connectivity index (χ3n) is 3.79. The van der Waals surface area contributed by atoms with Crippen LogP contribution in [0.15, 0.2) is 41.8 Å². The first kappa shape index (κ1) is 15.8. The van der Waals surface area contributed by atoms with Crippen LogP contribution in [-0.4, -0.2) is 31.3 Å². The van der Waals surface area contributed by atoms with Crippen molar-refractivity contribution in [3.8, 4) is 0 Å². The standard InChI is InChI=1S/C15H16N6O3/c1-10(8-20-9-16-15(19-20)21(23)24)17-18-14(22)13-7-12(13)11-5-3-2-4-6-11/h2-6,9,12-13H,7-8H2,1H3,(H,18,22)/b17-10-/t12-,13-/m1/s1. The van der Waals surface area contributed by atoms with Gasteiger partial charge in [0.1, 0.15) is 0 Å². The van der Waals surface area contributed by atoms with Crippen LogP contribution in [0.3, 0.4) is 0 Å². The van der Waals surface area contributed by atoms with E-state index >= 15 is 0 Å². The lowest BCUT2D eigenvalue weighted by Gasteiger charge is -2.02. The number of hydrogen-bond acceptors (Lipinski definition) is 6. The number of rotatable bonds is 6. The van der Waals surface area contributed by atoms with Gasteiger partial charge < -0.3 is 10.1 Å². The summed E-state index contributed by atoms with van der Waals surface area (Å²) in [6.45, 7) is 1.92. The van der Waals surface area contributed by atoms with Crippen molar-refractivity contribution in [1.29, 1.82) is 0 Å². The maximum absolute atomic E-state index is 12.1.